The standard InChI is InChI=1S/C33H23N5O3/c1-39-26-16-13-21(17-27(26)40-2)28-23-14-11-19-7-3-5-9-22(19)30(23)41-33-29(28)32-36-31(37-38(32)18-34-33)25-15-12-20-8-4-6-10-24(20)35-25/h3-18,28H,1-2H3/t28-/m1/s1. The van der Waals surface area contributed by atoms with Crippen molar-refractivity contribution in [1.29, 1.82) is 0 Å². The number of nitrogens with zero attached hydrogens (tertiary/aromatic N) is 5. The summed E-state index contributed by atoms with van der Waals surface area (Å²) in [6.45, 7) is 0. The van der Waals surface area contributed by atoms with E-state index in [0.717, 1.165) is 44.1 Å². The van der Waals surface area contributed by atoms with Crippen LogP contribution in [0.3, 0.4) is 0 Å². The molecule has 0 amide bonds. The molecule has 1 aliphatic rings. The molecule has 7 aromatic rings. The van der Waals surface area contributed by atoms with Gasteiger partial charge >= 0.3 is 0 Å². The zero-order valence-electron chi connectivity index (χ0n) is 22.3. The Morgan fingerprint density at radius 3 is 2.46 bits per heavy atom. The van der Waals surface area contributed by atoms with Crippen LogP contribution in [-0.2, 0) is 0 Å². The summed E-state index contributed by atoms with van der Waals surface area (Å²) in [6.07, 6.45) is 1.65. The normalized spacial score (nSPS) is 14.0. The Labute approximate surface area is 234 Å². The molecule has 3 aromatic heterocycles. The third-order valence-corrected chi connectivity index (χ3v) is 7.66. The zero-order valence-corrected chi connectivity index (χ0v) is 22.3. The van der Waals surface area contributed by atoms with Crippen LogP contribution in [0.2, 0.25) is 0 Å². The van der Waals surface area contributed by atoms with Crippen molar-refractivity contribution in [2.45, 2.75) is 5.92 Å². The molecule has 0 saturated carbocycles. The average molecular weight is 538 g/mol. The van der Waals surface area contributed by atoms with E-state index in [9.17, 15) is 0 Å². The molecule has 0 fully saturated rings. The van der Waals surface area contributed by atoms with Gasteiger partial charge in [-0.15, -0.1) is 5.10 Å². The molecule has 0 saturated heterocycles. The highest BCUT2D eigenvalue weighted by Crippen LogP contribution is 2.51. The first-order valence-corrected chi connectivity index (χ1v) is 13.2. The fourth-order valence-corrected chi connectivity index (χ4v) is 5.72. The summed E-state index contributed by atoms with van der Waals surface area (Å²) in [4.78, 5) is 14.5. The van der Waals surface area contributed by atoms with Gasteiger partial charge in [-0.05, 0) is 35.2 Å². The predicted octanol–water partition coefficient (Wildman–Crippen LogP) is 6.80. The summed E-state index contributed by atoms with van der Waals surface area (Å²) in [5.74, 6) is 2.83. The minimum Gasteiger partial charge on any atom is -0.493 e. The second-order valence-corrected chi connectivity index (χ2v) is 9.91. The van der Waals surface area contributed by atoms with Crippen molar-refractivity contribution in [3.8, 4) is 34.6 Å². The number of aromatic nitrogens is 5. The average Bonchev–Trinajstić information content (AvgIpc) is 3.48. The molecule has 0 N–H and O–H groups in total. The quantitative estimate of drug-likeness (QED) is 0.244. The van der Waals surface area contributed by atoms with Crippen LogP contribution in [0.5, 0.6) is 23.1 Å². The van der Waals surface area contributed by atoms with Crippen LogP contribution in [-0.4, -0.2) is 38.8 Å². The van der Waals surface area contributed by atoms with Gasteiger partial charge in [0.1, 0.15) is 17.8 Å². The van der Waals surface area contributed by atoms with Crippen molar-refractivity contribution in [3.63, 3.8) is 0 Å². The molecule has 8 nitrogen and oxygen atoms in total. The van der Waals surface area contributed by atoms with E-state index in [1.807, 2.05) is 66.7 Å². The van der Waals surface area contributed by atoms with Crippen LogP contribution in [0.15, 0.2) is 97.3 Å². The van der Waals surface area contributed by atoms with Gasteiger partial charge in [-0.25, -0.2) is 19.5 Å². The van der Waals surface area contributed by atoms with Crippen molar-refractivity contribution < 1.29 is 14.2 Å². The van der Waals surface area contributed by atoms with E-state index in [2.05, 4.69) is 24.3 Å². The summed E-state index contributed by atoms with van der Waals surface area (Å²) in [6, 6.07) is 30.4. The number of ether oxygens (including phenoxy) is 3. The molecular weight excluding hydrogens is 514 g/mol. The molecule has 41 heavy (non-hydrogen) atoms. The molecule has 0 bridgehead atoms. The van der Waals surface area contributed by atoms with Crippen LogP contribution in [0.4, 0.5) is 0 Å². The van der Waals surface area contributed by atoms with E-state index in [1.165, 1.54) is 0 Å². The molecule has 0 aliphatic carbocycles. The molecule has 0 unspecified atom stereocenters. The summed E-state index contributed by atoms with van der Waals surface area (Å²) in [5, 5.41) is 7.94. The molecule has 8 heteroatoms. The van der Waals surface area contributed by atoms with Crippen molar-refractivity contribution in [1.82, 2.24) is 24.6 Å². The number of methoxy groups -OCH3 is 2. The van der Waals surface area contributed by atoms with Crippen molar-refractivity contribution in [2.24, 2.45) is 0 Å². The van der Waals surface area contributed by atoms with Gasteiger partial charge in [0.05, 0.1) is 25.3 Å². The monoisotopic (exact) mass is 537 g/mol. The Morgan fingerprint density at radius 1 is 0.780 bits per heavy atom. The lowest BCUT2D eigenvalue weighted by molar-refractivity contribution is 0.354. The largest absolute Gasteiger partial charge is 0.493 e. The van der Waals surface area contributed by atoms with Gasteiger partial charge in [-0.1, -0.05) is 66.7 Å². The van der Waals surface area contributed by atoms with E-state index in [-0.39, 0.29) is 5.92 Å². The van der Waals surface area contributed by atoms with Gasteiger partial charge in [0.15, 0.2) is 17.1 Å². The van der Waals surface area contributed by atoms with Crippen molar-refractivity contribution >= 4 is 27.3 Å². The highest BCUT2D eigenvalue weighted by Gasteiger charge is 2.35. The fourth-order valence-electron chi connectivity index (χ4n) is 5.72. The maximum Gasteiger partial charge on any atom is 0.228 e. The molecule has 4 heterocycles. The lowest BCUT2D eigenvalue weighted by atomic mass is 9.82. The zero-order chi connectivity index (χ0) is 27.5. The van der Waals surface area contributed by atoms with Gasteiger partial charge in [-0.2, -0.15) is 0 Å². The van der Waals surface area contributed by atoms with Crippen LogP contribution in [0.25, 0.3) is 38.8 Å². The lowest BCUT2D eigenvalue weighted by Crippen LogP contribution is -2.15. The van der Waals surface area contributed by atoms with Crippen LogP contribution in [0.1, 0.15) is 22.6 Å². The first kappa shape index (κ1) is 23.4. The molecule has 8 rings (SSSR count). The van der Waals surface area contributed by atoms with Crippen LogP contribution >= 0.6 is 0 Å². The van der Waals surface area contributed by atoms with Crippen LogP contribution in [0, 0.1) is 0 Å². The molecule has 0 radical (unpaired) electrons. The second-order valence-electron chi connectivity index (χ2n) is 9.91. The molecule has 1 atom stereocenters. The summed E-state index contributed by atoms with van der Waals surface area (Å²) < 4.78 is 19.5. The maximum absolute atomic E-state index is 6.56. The molecule has 1 aliphatic heterocycles. The minimum atomic E-state index is -0.254. The number of hydrogen-bond acceptors (Lipinski definition) is 7. The van der Waals surface area contributed by atoms with E-state index in [0.29, 0.717) is 34.5 Å². The van der Waals surface area contributed by atoms with Gasteiger partial charge in [0.2, 0.25) is 11.7 Å². The topological polar surface area (TPSA) is 83.7 Å². The Bertz CT molecular complexity index is 2140. The highest BCUT2D eigenvalue weighted by atomic mass is 16.5. The third-order valence-electron chi connectivity index (χ3n) is 7.66. The van der Waals surface area contributed by atoms with E-state index in [1.54, 1.807) is 25.1 Å². The minimum absolute atomic E-state index is 0.254. The fraction of sp³-hybridized carbons (Fsp3) is 0.0909. The number of pyridine rings is 1. The third kappa shape index (κ3) is 3.61. The molecule has 0 spiro atoms. The van der Waals surface area contributed by atoms with Crippen LogP contribution < -0.4 is 14.2 Å². The predicted molar refractivity (Wildman–Crippen MR) is 156 cm³/mol. The summed E-state index contributed by atoms with van der Waals surface area (Å²) in [5.41, 5.74) is 5.04. The number of hydrogen-bond donors (Lipinski definition) is 0. The Kier molecular flexibility index (Phi) is 5.15. The van der Waals surface area contributed by atoms with E-state index >= 15 is 0 Å². The molecular formula is C33H23N5O3. The number of rotatable bonds is 4. The number of fused-ring (bicyclic) bond motifs is 7. The second kappa shape index (κ2) is 9.02. The Balaban J connectivity index is 1.38. The van der Waals surface area contributed by atoms with Gasteiger partial charge in [-0.3, -0.25) is 0 Å². The number of benzene rings is 4. The Hall–Kier alpha value is -5.50. The molecule has 198 valence electrons. The molecule has 4 aromatic carbocycles. The summed E-state index contributed by atoms with van der Waals surface area (Å²) >= 11 is 0. The first-order chi connectivity index (χ1) is 20.2. The highest BCUT2D eigenvalue weighted by molar-refractivity contribution is 5.91. The van der Waals surface area contributed by atoms with Gasteiger partial charge in [0.25, 0.3) is 0 Å². The Morgan fingerprint density at radius 2 is 1.59 bits per heavy atom. The van der Waals surface area contributed by atoms with E-state index < -0.39 is 0 Å². The van der Waals surface area contributed by atoms with Crippen molar-refractivity contribution in [2.75, 3.05) is 14.2 Å². The SMILES string of the molecule is COc1ccc([C@@H]2c3ccc4ccccc4c3Oc3ncn4nc(-c5ccc6ccccc6n5)nc4c32)cc1OC. The maximum atomic E-state index is 6.56. The lowest BCUT2D eigenvalue weighted by Gasteiger charge is -2.29. The number of para-hydroxylation sites is 1. The van der Waals surface area contributed by atoms with Crippen molar-refractivity contribution in [3.05, 3.63) is 114 Å². The first-order valence-electron chi connectivity index (χ1n) is 13.2. The van der Waals surface area contributed by atoms with Gasteiger partial charge in [0, 0.05) is 22.3 Å². The van der Waals surface area contributed by atoms with E-state index in [4.69, 9.17) is 34.3 Å². The summed E-state index contributed by atoms with van der Waals surface area (Å²) in [7, 11) is 3.27. The smallest absolute Gasteiger partial charge is 0.228 e. The van der Waals surface area contributed by atoms with Gasteiger partial charge < -0.3 is 14.2 Å².